The Morgan fingerprint density at radius 3 is 2.21 bits per heavy atom. The van der Waals surface area contributed by atoms with E-state index in [4.69, 9.17) is 0 Å². The molecule has 1 amide bonds. The van der Waals surface area contributed by atoms with Crippen LogP contribution in [0.5, 0.6) is 0 Å². The molecule has 0 heterocycles. The number of hydrogen-bond donors (Lipinski definition) is 1. The van der Waals surface area contributed by atoms with Crippen LogP contribution in [-0.4, -0.2) is 44.1 Å². The molecule has 0 fully saturated rings. The fraction of sp³-hybridized carbons (Fsp3) is 0.650. The molecule has 0 spiro atoms. The van der Waals surface area contributed by atoms with E-state index >= 15 is 0 Å². The van der Waals surface area contributed by atoms with E-state index < -0.39 is 0 Å². The van der Waals surface area contributed by atoms with Crippen LogP contribution in [-0.2, 0) is 11.2 Å². The SMILES string of the molecule is CC[N+](C)(C)CCCNC(=O)[C@H](C)c1ccc(CC(C)C)cc1.[I-]. The number of benzene rings is 1. The quantitative estimate of drug-likeness (QED) is 0.336. The highest BCUT2D eigenvalue weighted by molar-refractivity contribution is 5.83. The Kier molecular flexibility index (Phi) is 10.8. The number of quaternary nitrogens is 1. The zero-order chi connectivity index (χ0) is 17.5. The lowest BCUT2D eigenvalue weighted by Gasteiger charge is -2.28. The highest BCUT2D eigenvalue weighted by atomic mass is 127. The van der Waals surface area contributed by atoms with Crippen molar-refractivity contribution >= 4 is 5.91 Å². The van der Waals surface area contributed by atoms with Gasteiger partial charge in [-0.2, -0.15) is 0 Å². The van der Waals surface area contributed by atoms with Gasteiger partial charge in [0, 0.05) is 13.0 Å². The molecule has 0 saturated heterocycles. The average Bonchev–Trinajstić information content (AvgIpc) is 2.51. The van der Waals surface area contributed by atoms with E-state index in [-0.39, 0.29) is 35.8 Å². The molecule has 1 rings (SSSR count). The Morgan fingerprint density at radius 2 is 1.71 bits per heavy atom. The first kappa shape index (κ1) is 23.4. The molecular formula is C20H35IN2O. The summed E-state index contributed by atoms with van der Waals surface area (Å²) in [5.41, 5.74) is 2.44. The van der Waals surface area contributed by atoms with Crippen molar-refractivity contribution in [3.05, 3.63) is 35.4 Å². The molecule has 1 atom stereocenters. The molecule has 0 bridgehead atoms. The van der Waals surface area contributed by atoms with Crippen molar-refractivity contribution in [2.75, 3.05) is 33.7 Å². The van der Waals surface area contributed by atoms with Gasteiger partial charge in [0.05, 0.1) is 33.1 Å². The first-order chi connectivity index (χ1) is 10.7. The maximum Gasteiger partial charge on any atom is 0.227 e. The average molecular weight is 446 g/mol. The van der Waals surface area contributed by atoms with Gasteiger partial charge in [-0.15, -0.1) is 0 Å². The van der Waals surface area contributed by atoms with Crippen LogP contribution in [0, 0.1) is 5.92 Å². The third kappa shape index (κ3) is 8.47. The summed E-state index contributed by atoms with van der Waals surface area (Å²) in [4.78, 5) is 12.3. The predicted molar refractivity (Wildman–Crippen MR) is 98.5 cm³/mol. The van der Waals surface area contributed by atoms with Crippen LogP contribution >= 0.6 is 0 Å². The first-order valence-corrected chi connectivity index (χ1v) is 8.93. The molecule has 3 nitrogen and oxygen atoms in total. The van der Waals surface area contributed by atoms with Gasteiger partial charge in [0.15, 0.2) is 0 Å². The lowest BCUT2D eigenvalue weighted by molar-refractivity contribution is -0.888. The number of nitrogens with one attached hydrogen (secondary N) is 1. The van der Waals surface area contributed by atoms with Gasteiger partial charge in [-0.25, -0.2) is 0 Å². The van der Waals surface area contributed by atoms with Crippen LogP contribution < -0.4 is 29.3 Å². The molecule has 0 aliphatic rings. The predicted octanol–water partition coefficient (Wildman–Crippen LogP) is 0.595. The molecule has 1 N–H and O–H groups in total. The van der Waals surface area contributed by atoms with E-state index in [9.17, 15) is 4.79 Å². The molecule has 4 heteroatoms. The Labute approximate surface area is 165 Å². The number of carbonyl (C=O) groups excluding carboxylic acids is 1. The Bertz CT molecular complexity index is 483. The summed E-state index contributed by atoms with van der Waals surface area (Å²) in [5.74, 6) is 0.701. The minimum absolute atomic E-state index is 0. The number of nitrogens with zero attached hydrogens (tertiary/aromatic N) is 1. The molecule has 138 valence electrons. The molecule has 0 aromatic heterocycles. The second-order valence-electron chi connectivity index (χ2n) is 7.68. The number of hydrogen-bond acceptors (Lipinski definition) is 1. The topological polar surface area (TPSA) is 29.1 Å². The maximum atomic E-state index is 12.3. The largest absolute Gasteiger partial charge is 1.00 e. The molecule has 1 aromatic rings. The molecule has 0 aliphatic carbocycles. The van der Waals surface area contributed by atoms with E-state index in [1.807, 2.05) is 6.92 Å². The standard InChI is InChI=1S/C20H34N2O.HI/c1-7-22(5,6)14-8-13-21-20(23)17(4)19-11-9-18(10-12-19)15-16(2)3;/h9-12,16-17H,7-8,13-15H2,1-6H3;1H/t17-;/m1./s1. The summed E-state index contributed by atoms with van der Waals surface area (Å²) in [5, 5.41) is 3.08. The Morgan fingerprint density at radius 1 is 1.12 bits per heavy atom. The molecule has 1 aromatic carbocycles. The van der Waals surface area contributed by atoms with Gasteiger partial charge in [-0.3, -0.25) is 4.79 Å². The Balaban J connectivity index is 0.00000529. The molecular weight excluding hydrogens is 411 g/mol. The van der Waals surface area contributed by atoms with Gasteiger partial charge in [-0.1, -0.05) is 38.1 Å². The summed E-state index contributed by atoms with van der Waals surface area (Å²) in [6, 6.07) is 8.50. The summed E-state index contributed by atoms with van der Waals surface area (Å²) in [6.45, 7) is 11.6. The van der Waals surface area contributed by atoms with E-state index in [0.717, 1.165) is 42.5 Å². The van der Waals surface area contributed by atoms with Gasteiger partial charge < -0.3 is 33.8 Å². The highest BCUT2D eigenvalue weighted by Gasteiger charge is 2.16. The third-order valence-corrected chi connectivity index (χ3v) is 4.61. The summed E-state index contributed by atoms with van der Waals surface area (Å²) >= 11 is 0. The van der Waals surface area contributed by atoms with Gasteiger partial charge >= 0.3 is 0 Å². The first-order valence-electron chi connectivity index (χ1n) is 8.93. The van der Waals surface area contributed by atoms with Crippen molar-refractivity contribution in [1.82, 2.24) is 5.32 Å². The van der Waals surface area contributed by atoms with E-state index in [2.05, 4.69) is 64.4 Å². The number of rotatable bonds is 9. The second-order valence-corrected chi connectivity index (χ2v) is 7.68. The van der Waals surface area contributed by atoms with Crippen molar-refractivity contribution in [1.29, 1.82) is 0 Å². The van der Waals surface area contributed by atoms with Gasteiger partial charge in [0.2, 0.25) is 5.91 Å². The van der Waals surface area contributed by atoms with E-state index in [0.29, 0.717) is 5.92 Å². The monoisotopic (exact) mass is 446 g/mol. The number of carbonyl (C=O) groups is 1. The second kappa shape index (κ2) is 11.1. The van der Waals surface area contributed by atoms with Crippen LogP contribution in [0.3, 0.4) is 0 Å². The molecule has 24 heavy (non-hydrogen) atoms. The van der Waals surface area contributed by atoms with Crippen LogP contribution in [0.25, 0.3) is 0 Å². The summed E-state index contributed by atoms with van der Waals surface area (Å²) in [7, 11) is 4.45. The molecule has 0 unspecified atom stereocenters. The van der Waals surface area contributed by atoms with Crippen molar-refractivity contribution in [3.63, 3.8) is 0 Å². The fourth-order valence-electron chi connectivity index (χ4n) is 2.60. The minimum Gasteiger partial charge on any atom is -1.00 e. The fourth-order valence-corrected chi connectivity index (χ4v) is 2.60. The van der Waals surface area contributed by atoms with Crippen molar-refractivity contribution in [2.24, 2.45) is 5.92 Å². The molecule has 0 saturated carbocycles. The number of halogens is 1. The highest BCUT2D eigenvalue weighted by Crippen LogP contribution is 2.17. The van der Waals surface area contributed by atoms with Crippen LogP contribution in [0.2, 0.25) is 0 Å². The van der Waals surface area contributed by atoms with Crippen LogP contribution in [0.1, 0.15) is 51.2 Å². The van der Waals surface area contributed by atoms with Crippen LogP contribution in [0.4, 0.5) is 0 Å². The lowest BCUT2D eigenvalue weighted by atomic mass is 9.96. The lowest BCUT2D eigenvalue weighted by Crippen LogP contribution is -3.00. The van der Waals surface area contributed by atoms with Crippen molar-refractivity contribution < 1.29 is 33.3 Å². The van der Waals surface area contributed by atoms with Crippen molar-refractivity contribution in [3.8, 4) is 0 Å². The normalized spacial score (nSPS) is 12.6. The minimum atomic E-state index is -0.0863. The van der Waals surface area contributed by atoms with Crippen molar-refractivity contribution in [2.45, 2.75) is 46.5 Å². The third-order valence-electron chi connectivity index (χ3n) is 4.61. The molecule has 0 radical (unpaired) electrons. The smallest absolute Gasteiger partial charge is 0.227 e. The van der Waals surface area contributed by atoms with Gasteiger partial charge in [0.25, 0.3) is 0 Å². The summed E-state index contributed by atoms with van der Waals surface area (Å²) in [6.07, 6.45) is 2.11. The Hall–Kier alpha value is -0.620. The van der Waals surface area contributed by atoms with E-state index in [1.54, 1.807) is 0 Å². The van der Waals surface area contributed by atoms with Gasteiger partial charge in [0.1, 0.15) is 0 Å². The van der Waals surface area contributed by atoms with Crippen LogP contribution in [0.15, 0.2) is 24.3 Å². The van der Waals surface area contributed by atoms with E-state index in [1.165, 1.54) is 5.56 Å². The molecule has 0 aliphatic heterocycles. The van der Waals surface area contributed by atoms with Gasteiger partial charge in [-0.05, 0) is 37.3 Å². The number of amides is 1. The zero-order valence-corrected chi connectivity index (χ0v) is 18.4. The maximum absolute atomic E-state index is 12.3. The zero-order valence-electron chi connectivity index (χ0n) is 16.2. The summed E-state index contributed by atoms with van der Waals surface area (Å²) < 4.78 is 1.00.